The van der Waals surface area contributed by atoms with Gasteiger partial charge in [-0.2, -0.15) is 0 Å². The summed E-state index contributed by atoms with van der Waals surface area (Å²) >= 11 is 5.98. The Labute approximate surface area is 205 Å². The summed E-state index contributed by atoms with van der Waals surface area (Å²) in [6, 6.07) is 13.7. The number of pyridine rings is 1. The number of hydrogen-bond acceptors (Lipinski definition) is 3. The van der Waals surface area contributed by atoms with E-state index >= 15 is 0 Å². The molecule has 2 aromatic carbocycles. The SMILES string of the molecule is CS(=O)(=O)Nc1cc(-c2cn(CCCl)c3c(=O)[nH]ccc23)cc2c1ccn2Cc1ccc(F)cc1. The molecule has 3 heterocycles. The second-order valence-electron chi connectivity index (χ2n) is 8.40. The second-order valence-corrected chi connectivity index (χ2v) is 10.5. The highest BCUT2D eigenvalue weighted by Gasteiger charge is 2.17. The van der Waals surface area contributed by atoms with Gasteiger partial charge in [-0.05, 0) is 47.5 Å². The Morgan fingerprint density at radius 3 is 2.54 bits per heavy atom. The lowest BCUT2D eigenvalue weighted by Crippen LogP contribution is -2.10. The summed E-state index contributed by atoms with van der Waals surface area (Å²) in [5.41, 5.74) is 3.92. The Kier molecular flexibility index (Phi) is 5.90. The van der Waals surface area contributed by atoms with E-state index in [-0.39, 0.29) is 11.4 Å². The fourth-order valence-corrected chi connectivity index (χ4v) is 5.17. The molecule has 0 aliphatic carbocycles. The van der Waals surface area contributed by atoms with Crippen LogP contribution in [-0.4, -0.2) is 34.7 Å². The number of sulfonamides is 1. The number of fused-ring (bicyclic) bond motifs is 2. The fourth-order valence-electron chi connectivity index (χ4n) is 4.42. The molecule has 35 heavy (non-hydrogen) atoms. The lowest BCUT2D eigenvalue weighted by molar-refractivity contribution is 0.607. The van der Waals surface area contributed by atoms with Gasteiger partial charge in [-0.1, -0.05) is 12.1 Å². The zero-order valence-electron chi connectivity index (χ0n) is 18.8. The van der Waals surface area contributed by atoms with Gasteiger partial charge in [-0.25, -0.2) is 12.8 Å². The van der Waals surface area contributed by atoms with Crippen LogP contribution in [0.4, 0.5) is 10.1 Å². The van der Waals surface area contributed by atoms with Crippen molar-refractivity contribution in [3.8, 4) is 11.1 Å². The number of nitrogens with zero attached hydrogens (tertiary/aromatic N) is 2. The van der Waals surface area contributed by atoms with Crippen LogP contribution in [0.3, 0.4) is 0 Å². The Morgan fingerprint density at radius 2 is 1.83 bits per heavy atom. The maximum absolute atomic E-state index is 13.4. The summed E-state index contributed by atoms with van der Waals surface area (Å²) in [5, 5.41) is 1.46. The minimum Gasteiger partial charge on any atom is -0.343 e. The zero-order valence-corrected chi connectivity index (χ0v) is 20.3. The average Bonchev–Trinajstić information content (AvgIpc) is 3.37. The first kappa shape index (κ1) is 23.2. The van der Waals surface area contributed by atoms with E-state index in [9.17, 15) is 17.6 Å². The number of halogens is 2. The lowest BCUT2D eigenvalue weighted by Gasteiger charge is -2.12. The van der Waals surface area contributed by atoms with Crippen LogP contribution in [0.15, 0.2) is 71.9 Å². The predicted octanol–water partition coefficient (Wildman–Crippen LogP) is 4.75. The topological polar surface area (TPSA) is 88.9 Å². The molecule has 0 atom stereocenters. The molecule has 0 bridgehead atoms. The highest BCUT2D eigenvalue weighted by Crippen LogP contribution is 2.36. The molecule has 0 unspecified atom stereocenters. The summed E-state index contributed by atoms with van der Waals surface area (Å²) in [7, 11) is -3.55. The van der Waals surface area contributed by atoms with Crippen molar-refractivity contribution < 1.29 is 12.8 Å². The van der Waals surface area contributed by atoms with Crippen molar-refractivity contribution in [3.05, 3.63) is 88.9 Å². The number of hydrogen-bond donors (Lipinski definition) is 2. The molecule has 0 radical (unpaired) electrons. The van der Waals surface area contributed by atoms with Crippen LogP contribution in [0.25, 0.3) is 32.9 Å². The maximum Gasteiger partial charge on any atom is 0.272 e. The van der Waals surface area contributed by atoms with Gasteiger partial charge in [0.05, 0.1) is 17.5 Å². The molecule has 0 fully saturated rings. The Hall–Kier alpha value is -3.56. The van der Waals surface area contributed by atoms with Crippen LogP contribution in [0, 0.1) is 5.82 Å². The molecule has 5 aromatic rings. The molecule has 5 rings (SSSR count). The van der Waals surface area contributed by atoms with Crippen LogP contribution in [-0.2, 0) is 23.1 Å². The van der Waals surface area contributed by atoms with E-state index in [0.717, 1.165) is 39.2 Å². The van der Waals surface area contributed by atoms with E-state index in [2.05, 4.69) is 9.71 Å². The van der Waals surface area contributed by atoms with Crippen LogP contribution >= 0.6 is 11.6 Å². The molecule has 0 spiro atoms. The second kappa shape index (κ2) is 8.90. The first-order valence-corrected chi connectivity index (χ1v) is 13.3. The van der Waals surface area contributed by atoms with E-state index < -0.39 is 10.0 Å². The Morgan fingerprint density at radius 1 is 1.06 bits per heavy atom. The predicted molar refractivity (Wildman–Crippen MR) is 138 cm³/mol. The summed E-state index contributed by atoms with van der Waals surface area (Å²) in [6.45, 7) is 0.919. The smallest absolute Gasteiger partial charge is 0.272 e. The van der Waals surface area contributed by atoms with Gasteiger partial charge < -0.3 is 14.1 Å². The molecule has 7 nitrogen and oxygen atoms in total. The van der Waals surface area contributed by atoms with Gasteiger partial charge in [0, 0.05) is 53.9 Å². The summed E-state index contributed by atoms with van der Waals surface area (Å²) in [5.74, 6) is 0.0224. The van der Waals surface area contributed by atoms with Gasteiger partial charge in [0.2, 0.25) is 10.0 Å². The van der Waals surface area contributed by atoms with Crippen molar-refractivity contribution in [1.29, 1.82) is 0 Å². The van der Waals surface area contributed by atoms with Crippen LogP contribution in [0.2, 0.25) is 0 Å². The quantitative estimate of drug-likeness (QED) is 0.308. The zero-order chi connectivity index (χ0) is 24.7. The Bertz CT molecular complexity index is 1720. The van der Waals surface area contributed by atoms with Crippen LogP contribution < -0.4 is 10.3 Å². The number of H-pyrrole nitrogens is 1. The number of alkyl halides is 1. The molecule has 0 amide bonds. The monoisotopic (exact) mass is 512 g/mol. The number of aryl methyl sites for hydroxylation is 1. The van der Waals surface area contributed by atoms with Gasteiger partial charge in [-0.15, -0.1) is 11.6 Å². The summed E-state index contributed by atoms with van der Waals surface area (Å²) in [4.78, 5) is 15.3. The van der Waals surface area contributed by atoms with Gasteiger partial charge in [0.1, 0.15) is 11.3 Å². The average molecular weight is 513 g/mol. The van der Waals surface area contributed by atoms with Crippen molar-refractivity contribution in [2.45, 2.75) is 13.1 Å². The summed E-state index contributed by atoms with van der Waals surface area (Å²) in [6.07, 6.45) is 6.42. The molecule has 3 aromatic heterocycles. The molecule has 0 saturated carbocycles. The fraction of sp³-hybridized carbons (Fsp3) is 0.160. The van der Waals surface area contributed by atoms with Crippen molar-refractivity contribution >= 4 is 49.1 Å². The molecule has 0 saturated heterocycles. The minimum atomic E-state index is -3.55. The Balaban J connectivity index is 1.73. The van der Waals surface area contributed by atoms with Crippen molar-refractivity contribution in [2.24, 2.45) is 0 Å². The first-order chi connectivity index (χ1) is 16.7. The highest BCUT2D eigenvalue weighted by molar-refractivity contribution is 7.92. The molecule has 0 aliphatic heterocycles. The third-order valence-electron chi connectivity index (χ3n) is 5.88. The van der Waals surface area contributed by atoms with Crippen LogP contribution in [0.5, 0.6) is 0 Å². The van der Waals surface area contributed by atoms with Crippen molar-refractivity contribution in [1.82, 2.24) is 14.1 Å². The van der Waals surface area contributed by atoms with Gasteiger partial charge in [0.25, 0.3) is 5.56 Å². The van der Waals surface area contributed by atoms with Crippen molar-refractivity contribution in [2.75, 3.05) is 16.9 Å². The normalized spacial score (nSPS) is 12.0. The van der Waals surface area contributed by atoms with Crippen molar-refractivity contribution in [3.63, 3.8) is 0 Å². The number of benzene rings is 2. The van der Waals surface area contributed by atoms with E-state index in [1.165, 1.54) is 12.1 Å². The highest BCUT2D eigenvalue weighted by atomic mass is 35.5. The number of aromatic amines is 1. The molecule has 2 N–H and O–H groups in total. The van der Waals surface area contributed by atoms with Gasteiger partial charge in [-0.3, -0.25) is 9.52 Å². The molecular weight excluding hydrogens is 491 g/mol. The number of anilines is 1. The standard InChI is InChI=1S/C25H22ClFN4O3S/c1-35(33,34)29-22-12-17(21-15-31(11-8-26)24-19(21)6-9-28-25(24)32)13-23-20(22)7-10-30(23)14-16-2-4-18(27)5-3-16/h2-7,9-10,12-13,15,29H,8,11,14H2,1H3,(H,28,32). The molecule has 180 valence electrons. The van der Waals surface area contributed by atoms with E-state index in [0.29, 0.717) is 30.2 Å². The molecule has 10 heteroatoms. The van der Waals surface area contributed by atoms with E-state index in [4.69, 9.17) is 11.6 Å². The first-order valence-electron chi connectivity index (χ1n) is 10.9. The van der Waals surface area contributed by atoms with E-state index in [1.807, 2.05) is 39.7 Å². The molecule has 0 aliphatic rings. The maximum atomic E-state index is 13.4. The number of aromatic nitrogens is 3. The van der Waals surface area contributed by atoms with Gasteiger partial charge in [0.15, 0.2) is 0 Å². The summed E-state index contributed by atoms with van der Waals surface area (Å²) < 4.78 is 44.1. The third-order valence-corrected chi connectivity index (χ3v) is 6.64. The number of nitrogens with one attached hydrogen (secondary N) is 2. The van der Waals surface area contributed by atoms with Gasteiger partial charge >= 0.3 is 0 Å². The third kappa shape index (κ3) is 4.56. The minimum absolute atomic E-state index is 0.228. The molecular formula is C25H22ClFN4O3S. The lowest BCUT2D eigenvalue weighted by atomic mass is 10.0. The van der Waals surface area contributed by atoms with E-state index in [1.54, 1.807) is 24.4 Å². The largest absolute Gasteiger partial charge is 0.343 e. The number of rotatable bonds is 7. The van der Waals surface area contributed by atoms with Crippen LogP contribution in [0.1, 0.15) is 5.56 Å².